The van der Waals surface area contributed by atoms with Crippen LogP contribution in [0.1, 0.15) is 18.4 Å². The molecule has 0 aliphatic carbocycles. The van der Waals surface area contributed by atoms with Gasteiger partial charge in [-0.05, 0) is 30.5 Å². The van der Waals surface area contributed by atoms with Crippen molar-refractivity contribution in [2.75, 3.05) is 40.3 Å². The molecule has 0 atom stereocenters. The molecule has 1 aromatic carbocycles. The zero-order valence-corrected chi connectivity index (χ0v) is 14.7. The summed E-state index contributed by atoms with van der Waals surface area (Å²) in [5, 5.41) is 4.25. The molecule has 1 aliphatic rings. The summed E-state index contributed by atoms with van der Waals surface area (Å²) < 4.78 is 5.66. The van der Waals surface area contributed by atoms with Crippen LogP contribution in [0.2, 0.25) is 5.02 Å². The molecule has 0 saturated carbocycles. The van der Waals surface area contributed by atoms with E-state index in [0.717, 1.165) is 43.1 Å². The summed E-state index contributed by atoms with van der Waals surface area (Å²) in [5.74, 6) is 0. The minimum absolute atomic E-state index is 0.106. The summed E-state index contributed by atoms with van der Waals surface area (Å²) >= 11 is 5.85. The van der Waals surface area contributed by atoms with Crippen molar-refractivity contribution in [1.82, 2.24) is 15.1 Å². The van der Waals surface area contributed by atoms with Gasteiger partial charge in [0.25, 0.3) is 0 Å². The lowest BCUT2D eigenvalue weighted by Gasteiger charge is -2.34. The minimum atomic E-state index is 0.106. The highest BCUT2D eigenvalue weighted by molar-refractivity contribution is 6.30. The van der Waals surface area contributed by atoms with Gasteiger partial charge in [-0.3, -0.25) is 0 Å². The van der Waals surface area contributed by atoms with Gasteiger partial charge in [-0.2, -0.15) is 0 Å². The topological polar surface area (TPSA) is 44.8 Å². The molecule has 0 radical (unpaired) electrons. The Morgan fingerprint density at radius 3 is 2.57 bits per heavy atom. The van der Waals surface area contributed by atoms with Crippen molar-refractivity contribution in [2.24, 2.45) is 0 Å². The predicted molar refractivity (Wildman–Crippen MR) is 92.8 cm³/mol. The molecule has 6 heteroatoms. The normalized spacial score (nSPS) is 15.7. The van der Waals surface area contributed by atoms with Crippen LogP contribution in [0, 0.1) is 0 Å². The number of amides is 2. The van der Waals surface area contributed by atoms with Gasteiger partial charge in [0, 0.05) is 44.8 Å². The number of urea groups is 1. The van der Waals surface area contributed by atoms with E-state index >= 15 is 0 Å². The van der Waals surface area contributed by atoms with Crippen LogP contribution in [-0.2, 0) is 11.3 Å². The molecule has 128 valence electrons. The highest BCUT2D eigenvalue weighted by atomic mass is 35.5. The van der Waals surface area contributed by atoms with Crippen molar-refractivity contribution >= 4 is 17.6 Å². The van der Waals surface area contributed by atoms with E-state index in [1.54, 1.807) is 19.0 Å². The van der Waals surface area contributed by atoms with Gasteiger partial charge in [0.15, 0.2) is 0 Å². The van der Waals surface area contributed by atoms with Crippen LogP contribution >= 0.6 is 11.6 Å². The first-order valence-corrected chi connectivity index (χ1v) is 8.46. The third-order valence-electron chi connectivity index (χ3n) is 4.01. The smallest absolute Gasteiger partial charge is 0.319 e. The zero-order valence-electron chi connectivity index (χ0n) is 13.9. The lowest BCUT2D eigenvalue weighted by Crippen LogP contribution is -2.48. The number of halogens is 1. The van der Waals surface area contributed by atoms with Crippen LogP contribution < -0.4 is 5.32 Å². The van der Waals surface area contributed by atoms with Crippen LogP contribution in [-0.4, -0.2) is 62.2 Å². The number of nitrogens with zero attached hydrogens (tertiary/aromatic N) is 2. The van der Waals surface area contributed by atoms with Crippen molar-refractivity contribution < 1.29 is 9.53 Å². The van der Waals surface area contributed by atoms with E-state index in [4.69, 9.17) is 16.3 Å². The summed E-state index contributed by atoms with van der Waals surface area (Å²) in [7, 11) is 3.59. The molecule has 5 nitrogen and oxygen atoms in total. The van der Waals surface area contributed by atoms with E-state index in [2.05, 4.69) is 5.32 Å². The van der Waals surface area contributed by atoms with Crippen molar-refractivity contribution in [3.8, 4) is 0 Å². The van der Waals surface area contributed by atoms with Gasteiger partial charge in [-0.1, -0.05) is 23.7 Å². The third kappa shape index (κ3) is 6.01. The number of hydrogen-bond acceptors (Lipinski definition) is 3. The maximum Gasteiger partial charge on any atom is 0.319 e. The maximum atomic E-state index is 11.9. The van der Waals surface area contributed by atoms with Crippen molar-refractivity contribution in [3.05, 3.63) is 34.9 Å². The predicted octanol–water partition coefficient (Wildman–Crippen LogP) is 2.59. The van der Waals surface area contributed by atoms with E-state index in [1.807, 2.05) is 29.2 Å². The molecule has 1 aromatic rings. The largest absolute Gasteiger partial charge is 0.375 e. The molecule has 2 amide bonds. The molecule has 1 N–H and O–H groups in total. The van der Waals surface area contributed by atoms with E-state index in [1.165, 1.54) is 0 Å². The molecule has 0 spiro atoms. The Kier molecular flexibility index (Phi) is 7.15. The fraction of sp³-hybridized carbons (Fsp3) is 0.588. The Morgan fingerprint density at radius 2 is 1.96 bits per heavy atom. The number of piperidine rings is 1. The SMILES string of the molecule is CN(C)C(=O)N1CCC(NCCOCc2ccc(Cl)cc2)CC1. The molecule has 1 heterocycles. The number of benzene rings is 1. The molecule has 23 heavy (non-hydrogen) atoms. The van der Waals surface area contributed by atoms with E-state index < -0.39 is 0 Å². The highest BCUT2D eigenvalue weighted by Gasteiger charge is 2.23. The number of likely N-dealkylation sites (tertiary alicyclic amines) is 1. The average Bonchev–Trinajstić information content (AvgIpc) is 2.56. The Bertz CT molecular complexity index is 485. The van der Waals surface area contributed by atoms with Gasteiger partial charge < -0.3 is 19.9 Å². The molecule has 0 unspecified atom stereocenters. The molecule has 0 aromatic heterocycles. The molecule has 2 rings (SSSR count). The number of carbonyl (C=O) groups is 1. The monoisotopic (exact) mass is 339 g/mol. The van der Waals surface area contributed by atoms with Gasteiger partial charge >= 0.3 is 6.03 Å². The molecule has 1 saturated heterocycles. The van der Waals surface area contributed by atoms with Crippen LogP contribution in [0.25, 0.3) is 0 Å². The van der Waals surface area contributed by atoms with Gasteiger partial charge in [-0.25, -0.2) is 4.79 Å². The van der Waals surface area contributed by atoms with Gasteiger partial charge in [-0.15, -0.1) is 0 Å². The summed E-state index contributed by atoms with van der Waals surface area (Å²) in [4.78, 5) is 15.4. The Hall–Kier alpha value is -1.30. The fourth-order valence-electron chi connectivity index (χ4n) is 2.66. The summed E-state index contributed by atoms with van der Waals surface area (Å²) in [5.41, 5.74) is 1.13. The molecular weight excluding hydrogens is 314 g/mol. The summed E-state index contributed by atoms with van der Waals surface area (Å²) in [6.45, 7) is 3.76. The van der Waals surface area contributed by atoms with Crippen molar-refractivity contribution in [2.45, 2.75) is 25.5 Å². The first-order chi connectivity index (χ1) is 11.1. The average molecular weight is 340 g/mol. The summed E-state index contributed by atoms with van der Waals surface area (Å²) in [6.07, 6.45) is 1.99. The van der Waals surface area contributed by atoms with Gasteiger partial charge in [0.1, 0.15) is 0 Å². The summed E-state index contributed by atoms with van der Waals surface area (Å²) in [6, 6.07) is 8.29. The first kappa shape index (κ1) is 18.0. The second kappa shape index (κ2) is 9.11. The number of carbonyl (C=O) groups excluding carboxylic acids is 1. The number of ether oxygens (including phenoxy) is 1. The first-order valence-electron chi connectivity index (χ1n) is 8.08. The third-order valence-corrected chi connectivity index (χ3v) is 4.26. The lowest BCUT2D eigenvalue weighted by atomic mass is 10.1. The fourth-order valence-corrected chi connectivity index (χ4v) is 2.79. The van der Waals surface area contributed by atoms with Crippen LogP contribution in [0.3, 0.4) is 0 Å². The molecular formula is C17H26ClN3O2. The second-order valence-electron chi connectivity index (χ2n) is 6.07. The lowest BCUT2D eigenvalue weighted by molar-refractivity contribution is 0.115. The Balaban J connectivity index is 1.55. The quantitative estimate of drug-likeness (QED) is 0.810. The minimum Gasteiger partial charge on any atom is -0.375 e. The highest BCUT2D eigenvalue weighted by Crippen LogP contribution is 2.12. The Morgan fingerprint density at radius 1 is 1.30 bits per heavy atom. The van der Waals surface area contributed by atoms with E-state index in [0.29, 0.717) is 19.3 Å². The standard InChI is InChI=1S/C17H26ClN3O2/c1-20(2)17(22)21-10-7-16(8-11-21)19-9-12-23-13-14-3-5-15(18)6-4-14/h3-6,16,19H,7-13H2,1-2H3. The number of rotatable bonds is 6. The van der Waals surface area contributed by atoms with E-state index in [9.17, 15) is 4.79 Å². The molecule has 0 bridgehead atoms. The van der Waals surface area contributed by atoms with Gasteiger partial charge in [0.05, 0.1) is 13.2 Å². The van der Waals surface area contributed by atoms with Crippen molar-refractivity contribution in [3.63, 3.8) is 0 Å². The second-order valence-corrected chi connectivity index (χ2v) is 6.51. The van der Waals surface area contributed by atoms with E-state index in [-0.39, 0.29) is 6.03 Å². The van der Waals surface area contributed by atoms with Gasteiger partial charge in [0.2, 0.25) is 0 Å². The van der Waals surface area contributed by atoms with Crippen LogP contribution in [0.5, 0.6) is 0 Å². The number of hydrogen-bond donors (Lipinski definition) is 1. The Labute approximate surface area is 143 Å². The number of nitrogens with one attached hydrogen (secondary N) is 1. The zero-order chi connectivity index (χ0) is 16.7. The maximum absolute atomic E-state index is 11.9. The van der Waals surface area contributed by atoms with Crippen LogP contribution in [0.4, 0.5) is 4.79 Å². The van der Waals surface area contributed by atoms with Crippen molar-refractivity contribution in [1.29, 1.82) is 0 Å². The molecule has 1 fully saturated rings. The van der Waals surface area contributed by atoms with Crippen LogP contribution in [0.15, 0.2) is 24.3 Å². The molecule has 1 aliphatic heterocycles.